The van der Waals surface area contributed by atoms with Crippen LogP contribution < -0.4 is 4.74 Å². The highest BCUT2D eigenvalue weighted by Gasteiger charge is 2.39. The number of ketones is 2. The fourth-order valence-corrected chi connectivity index (χ4v) is 3.00. The molecule has 0 atom stereocenters. The molecular formula is C18H18O5. The minimum Gasteiger partial charge on any atom is -0.497 e. The van der Waals surface area contributed by atoms with Crippen LogP contribution in [0.1, 0.15) is 52.3 Å². The van der Waals surface area contributed by atoms with Crippen LogP contribution in [0.5, 0.6) is 11.7 Å². The molecule has 23 heavy (non-hydrogen) atoms. The molecular weight excluding hydrogens is 296 g/mol. The largest absolute Gasteiger partial charge is 0.497 e. The van der Waals surface area contributed by atoms with E-state index in [9.17, 15) is 14.7 Å². The predicted octanol–water partition coefficient (Wildman–Crippen LogP) is 3.38. The molecule has 1 N–H and O–H groups in total. The van der Waals surface area contributed by atoms with Crippen LogP contribution in [-0.2, 0) is 6.42 Å². The average Bonchev–Trinajstić information content (AvgIpc) is 2.81. The van der Waals surface area contributed by atoms with Crippen LogP contribution in [0, 0.1) is 5.41 Å². The zero-order chi connectivity index (χ0) is 16.8. The SMILES string of the molecule is COc1ccc(C(=O)c2c(O)oc3c2C(=O)CC(C)(C)C3)cc1. The van der Waals surface area contributed by atoms with Gasteiger partial charge in [-0.25, -0.2) is 0 Å². The number of fused-ring (bicyclic) bond motifs is 1. The van der Waals surface area contributed by atoms with E-state index in [1.165, 1.54) is 7.11 Å². The Morgan fingerprint density at radius 2 is 1.87 bits per heavy atom. The average molecular weight is 314 g/mol. The van der Waals surface area contributed by atoms with Crippen molar-refractivity contribution in [3.05, 3.63) is 46.7 Å². The highest BCUT2D eigenvalue weighted by Crippen LogP contribution is 2.41. The van der Waals surface area contributed by atoms with Crippen molar-refractivity contribution in [1.82, 2.24) is 0 Å². The molecule has 1 aliphatic rings. The zero-order valence-corrected chi connectivity index (χ0v) is 13.3. The molecule has 5 nitrogen and oxygen atoms in total. The van der Waals surface area contributed by atoms with Crippen molar-refractivity contribution in [1.29, 1.82) is 0 Å². The molecule has 0 radical (unpaired) electrons. The third-order valence-corrected chi connectivity index (χ3v) is 4.10. The Hall–Kier alpha value is -2.56. The summed E-state index contributed by atoms with van der Waals surface area (Å²) in [7, 11) is 1.54. The van der Waals surface area contributed by atoms with E-state index in [-0.39, 0.29) is 22.3 Å². The number of carbonyl (C=O) groups excluding carboxylic acids is 2. The molecule has 1 aromatic heterocycles. The van der Waals surface area contributed by atoms with E-state index in [1.807, 2.05) is 13.8 Å². The fourth-order valence-electron chi connectivity index (χ4n) is 3.00. The lowest BCUT2D eigenvalue weighted by atomic mass is 9.75. The van der Waals surface area contributed by atoms with Gasteiger partial charge in [0.1, 0.15) is 17.1 Å². The highest BCUT2D eigenvalue weighted by atomic mass is 16.5. The van der Waals surface area contributed by atoms with Gasteiger partial charge in [0, 0.05) is 18.4 Å². The summed E-state index contributed by atoms with van der Waals surface area (Å²) in [6.07, 6.45) is 0.833. The lowest BCUT2D eigenvalue weighted by molar-refractivity contribution is 0.0896. The minimum atomic E-state index is -0.484. The van der Waals surface area contributed by atoms with Gasteiger partial charge in [-0.1, -0.05) is 13.8 Å². The van der Waals surface area contributed by atoms with E-state index in [2.05, 4.69) is 0 Å². The maximum Gasteiger partial charge on any atom is 0.294 e. The van der Waals surface area contributed by atoms with Crippen LogP contribution in [0.3, 0.4) is 0 Å². The molecule has 3 rings (SSSR count). The second-order valence-corrected chi connectivity index (χ2v) is 6.58. The number of rotatable bonds is 3. The molecule has 0 bridgehead atoms. The van der Waals surface area contributed by atoms with Crippen LogP contribution in [0.15, 0.2) is 28.7 Å². The summed E-state index contributed by atoms with van der Waals surface area (Å²) >= 11 is 0. The van der Waals surface area contributed by atoms with Crippen LogP contribution in [0.2, 0.25) is 0 Å². The number of carbonyl (C=O) groups is 2. The highest BCUT2D eigenvalue weighted by molar-refractivity contribution is 6.17. The van der Waals surface area contributed by atoms with Gasteiger partial charge < -0.3 is 14.3 Å². The van der Waals surface area contributed by atoms with Crippen LogP contribution >= 0.6 is 0 Å². The van der Waals surface area contributed by atoms with E-state index in [0.717, 1.165) is 0 Å². The van der Waals surface area contributed by atoms with Crippen LogP contribution in [0.4, 0.5) is 0 Å². The second kappa shape index (κ2) is 5.26. The first-order valence-electron chi connectivity index (χ1n) is 7.39. The molecule has 0 aliphatic heterocycles. The lowest BCUT2D eigenvalue weighted by Crippen LogP contribution is -2.27. The molecule has 0 spiro atoms. The Balaban J connectivity index is 2.05. The van der Waals surface area contributed by atoms with Gasteiger partial charge in [-0.3, -0.25) is 9.59 Å². The Morgan fingerprint density at radius 1 is 1.22 bits per heavy atom. The Bertz CT molecular complexity index is 780. The number of ether oxygens (including phenoxy) is 1. The number of benzene rings is 1. The summed E-state index contributed by atoms with van der Waals surface area (Å²) < 4.78 is 10.4. The molecule has 120 valence electrons. The molecule has 0 amide bonds. The third kappa shape index (κ3) is 2.63. The predicted molar refractivity (Wildman–Crippen MR) is 83.2 cm³/mol. The number of furan rings is 1. The maximum absolute atomic E-state index is 12.7. The van der Waals surface area contributed by atoms with Gasteiger partial charge in [-0.2, -0.15) is 0 Å². The summed E-state index contributed by atoms with van der Waals surface area (Å²) in [4.78, 5) is 25.1. The fraction of sp³-hybridized carbons (Fsp3) is 0.333. The standard InChI is InChI=1S/C18H18O5/c1-18(2)8-12(19)14-13(9-18)23-17(21)15(14)16(20)10-4-6-11(22-3)7-5-10/h4-7,21H,8-9H2,1-3H3. The van der Waals surface area contributed by atoms with Crippen molar-refractivity contribution < 1.29 is 23.8 Å². The summed E-state index contributed by atoms with van der Waals surface area (Å²) in [5.74, 6) is -0.0688. The van der Waals surface area contributed by atoms with Gasteiger partial charge in [0.25, 0.3) is 5.95 Å². The van der Waals surface area contributed by atoms with E-state index >= 15 is 0 Å². The molecule has 1 heterocycles. The topological polar surface area (TPSA) is 76.7 Å². The number of hydrogen-bond donors (Lipinski definition) is 1. The normalized spacial score (nSPS) is 16.0. The second-order valence-electron chi connectivity index (χ2n) is 6.58. The van der Waals surface area contributed by atoms with Crippen molar-refractivity contribution in [3.8, 4) is 11.7 Å². The first kappa shape index (κ1) is 15.3. The zero-order valence-electron chi connectivity index (χ0n) is 13.3. The molecule has 1 aliphatic carbocycles. The monoisotopic (exact) mass is 314 g/mol. The number of hydrogen-bond acceptors (Lipinski definition) is 5. The molecule has 2 aromatic rings. The molecule has 0 saturated heterocycles. The van der Waals surface area contributed by atoms with Crippen LogP contribution in [-0.4, -0.2) is 23.8 Å². The van der Waals surface area contributed by atoms with E-state index in [1.54, 1.807) is 24.3 Å². The van der Waals surface area contributed by atoms with Gasteiger partial charge in [-0.05, 0) is 29.7 Å². The van der Waals surface area contributed by atoms with E-state index in [0.29, 0.717) is 29.9 Å². The van der Waals surface area contributed by atoms with Crippen molar-refractivity contribution in [3.63, 3.8) is 0 Å². The Kier molecular flexibility index (Phi) is 3.51. The van der Waals surface area contributed by atoms with Crippen molar-refractivity contribution in [2.45, 2.75) is 26.7 Å². The van der Waals surface area contributed by atoms with Crippen molar-refractivity contribution in [2.24, 2.45) is 5.41 Å². The first-order chi connectivity index (χ1) is 10.8. The van der Waals surface area contributed by atoms with E-state index < -0.39 is 11.7 Å². The first-order valence-corrected chi connectivity index (χ1v) is 7.39. The number of aromatic hydroxyl groups is 1. The van der Waals surface area contributed by atoms with Gasteiger partial charge in [0.05, 0.1) is 12.7 Å². The number of methoxy groups -OCH3 is 1. The summed E-state index contributed by atoms with van der Waals surface area (Å²) in [5.41, 5.74) is 0.310. The van der Waals surface area contributed by atoms with Gasteiger partial charge in [-0.15, -0.1) is 0 Å². The number of Topliss-reactive ketones (excluding diaryl/α,β-unsaturated/α-hetero) is 1. The van der Waals surface area contributed by atoms with Gasteiger partial charge >= 0.3 is 0 Å². The maximum atomic E-state index is 12.7. The summed E-state index contributed by atoms with van der Waals surface area (Å²) in [5, 5.41) is 10.1. The van der Waals surface area contributed by atoms with Crippen molar-refractivity contribution >= 4 is 11.6 Å². The Morgan fingerprint density at radius 3 is 2.48 bits per heavy atom. The summed E-state index contributed by atoms with van der Waals surface area (Å²) in [6.45, 7) is 3.91. The molecule has 5 heteroatoms. The molecule has 0 fully saturated rings. The summed E-state index contributed by atoms with van der Waals surface area (Å²) in [6, 6.07) is 6.50. The molecule has 0 saturated carbocycles. The minimum absolute atomic E-state index is 0.0364. The molecule has 1 aromatic carbocycles. The van der Waals surface area contributed by atoms with E-state index in [4.69, 9.17) is 9.15 Å². The van der Waals surface area contributed by atoms with Crippen molar-refractivity contribution in [2.75, 3.05) is 7.11 Å². The lowest BCUT2D eigenvalue weighted by Gasteiger charge is -2.27. The molecule has 0 unspecified atom stereocenters. The Labute approximate surface area is 133 Å². The third-order valence-electron chi connectivity index (χ3n) is 4.10. The smallest absolute Gasteiger partial charge is 0.294 e. The quantitative estimate of drug-likeness (QED) is 0.879. The van der Waals surface area contributed by atoms with Gasteiger partial charge in [0.2, 0.25) is 5.78 Å². The van der Waals surface area contributed by atoms with Crippen LogP contribution in [0.25, 0.3) is 0 Å². The van der Waals surface area contributed by atoms with Gasteiger partial charge in [0.15, 0.2) is 5.78 Å².